The number of amides is 1. The standard InChI is InChI=1S/C15H10ClIN4O2/c1-8(17)19-15(23)11-7-18-21-13(22)6-12(20-14(11)21)9-2-4-10(16)5-3-9/h2-7,18H,1H3. The van der Waals surface area contributed by atoms with E-state index in [2.05, 4.69) is 15.1 Å². The maximum Gasteiger partial charge on any atom is 0.283 e. The van der Waals surface area contributed by atoms with Gasteiger partial charge >= 0.3 is 0 Å². The van der Waals surface area contributed by atoms with Gasteiger partial charge in [0.05, 0.1) is 9.41 Å². The van der Waals surface area contributed by atoms with Crippen molar-refractivity contribution in [3.05, 3.63) is 57.5 Å². The molecular formula is C15H10ClIN4O2. The third kappa shape index (κ3) is 3.20. The molecule has 3 rings (SSSR count). The van der Waals surface area contributed by atoms with Crippen molar-refractivity contribution in [1.29, 1.82) is 0 Å². The zero-order valence-corrected chi connectivity index (χ0v) is 14.8. The molecule has 0 fully saturated rings. The third-order valence-corrected chi connectivity index (χ3v) is 3.62. The summed E-state index contributed by atoms with van der Waals surface area (Å²) < 4.78 is 1.81. The molecule has 0 saturated carbocycles. The Balaban J connectivity index is 2.20. The number of nitrogens with one attached hydrogen (secondary N) is 1. The summed E-state index contributed by atoms with van der Waals surface area (Å²) in [7, 11) is 0. The molecule has 0 unspecified atom stereocenters. The number of hydrogen-bond donors (Lipinski definition) is 1. The Kier molecular flexibility index (Phi) is 4.31. The van der Waals surface area contributed by atoms with E-state index in [4.69, 9.17) is 11.6 Å². The Bertz CT molecular complexity index is 985. The number of rotatable bonds is 2. The van der Waals surface area contributed by atoms with Crippen LogP contribution in [0.3, 0.4) is 0 Å². The Hall–Kier alpha value is -2.00. The second-order valence-corrected chi connectivity index (χ2v) is 6.74. The van der Waals surface area contributed by atoms with Gasteiger partial charge in [-0.05, 0) is 41.6 Å². The van der Waals surface area contributed by atoms with E-state index in [0.717, 1.165) is 5.56 Å². The highest BCUT2D eigenvalue weighted by molar-refractivity contribution is 14.1. The van der Waals surface area contributed by atoms with Crippen molar-refractivity contribution < 1.29 is 4.79 Å². The van der Waals surface area contributed by atoms with Crippen molar-refractivity contribution >= 4 is 49.5 Å². The van der Waals surface area contributed by atoms with Gasteiger partial charge in [-0.15, -0.1) is 0 Å². The molecule has 1 N–H and O–H groups in total. The number of aromatic nitrogens is 3. The van der Waals surface area contributed by atoms with E-state index in [9.17, 15) is 9.59 Å². The summed E-state index contributed by atoms with van der Waals surface area (Å²) in [6, 6.07) is 8.36. The Morgan fingerprint density at radius 3 is 2.70 bits per heavy atom. The second kappa shape index (κ2) is 6.25. The monoisotopic (exact) mass is 440 g/mol. The zero-order chi connectivity index (χ0) is 16.6. The summed E-state index contributed by atoms with van der Waals surface area (Å²) in [5, 5.41) is 3.32. The zero-order valence-electron chi connectivity index (χ0n) is 11.9. The van der Waals surface area contributed by atoms with Crippen LogP contribution < -0.4 is 5.56 Å². The van der Waals surface area contributed by atoms with Gasteiger partial charge in [0.2, 0.25) is 0 Å². The molecule has 2 heterocycles. The van der Waals surface area contributed by atoms with E-state index in [1.807, 2.05) is 22.6 Å². The molecular weight excluding hydrogens is 431 g/mol. The van der Waals surface area contributed by atoms with Crippen molar-refractivity contribution in [2.45, 2.75) is 6.92 Å². The molecule has 0 bridgehead atoms. The van der Waals surface area contributed by atoms with Gasteiger partial charge in [0, 0.05) is 22.8 Å². The number of carbonyl (C=O) groups excluding carboxylic acids is 1. The smallest absolute Gasteiger partial charge is 0.283 e. The lowest BCUT2D eigenvalue weighted by Crippen LogP contribution is -2.15. The normalized spacial score (nSPS) is 11.9. The molecule has 2 aromatic heterocycles. The quantitative estimate of drug-likeness (QED) is 0.490. The first-order valence-electron chi connectivity index (χ1n) is 6.58. The molecule has 0 aliphatic rings. The maximum atomic E-state index is 12.2. The Morgan fingerprint density at radius 1 is 1.35 bits per heavy atom. The van der Waals surface area contributed by atoms with Crippen LogP contribution >= 0.6 is 34.2 Å². The molecule has 8 heteroatoms. The third-order valence-electron chi connectivity index (χ3n) is 3.12. The summed E-state index contributed by atoms with van der Waals surface area (Å²) >= 11 is 7.82. The highest BCUT2D eigenvalue weighted by Crippen LogP contribution is 2.20. The van der Waals surface area contributed by atoms with Crippen LogP contribution in [0.1, 0.15) is 17.3 Å². The van der Waals surface area contributed by atoms with Crippen LogP contribution in [0.4, 0.5) is 0 Å². The summed E-state index contributed by atoms with van der Waals surface area (Å²) in [5.41, 5.74) is 1.38. The molecule has 6 nitrogen and oxygen atoms in total. The lowest BCUT2D eigenvalue weighted by atomic mass is 10.1. The number of aromatic amines is 1. The number of hydrogen-bond acceptors (Lipinski definition) is 3. The fourth-order valence-corrected chi connectivity index (χ4v) is 2.45. The predicted molar refractivity (Wildman–Crippen MR) is 97.7 cm³/mol. The highest BCUT2D eigenvalue weighted by atomic mass is 127. The average Bonchev–Trinajstić information content (AvgIpc) is 2.91. The summed E-state index contributed by atoms with van der Waals surface area (Å²) in [6.45, 7) is 1.71. The number of nitrogens with zero attached hydrogens (tertiary/aromatic N) is 3. The molecule has 0 spiro atoms. The lowest BCUT2D eigenvalue weighted by Gasteiger charge is -2.02. The first-order chi connectivity index (χ1) is 11.0. The minimum atomic E-state index is -0.448. The van der Waals surface area contributed by atoms with Crippen LogP contribution in [-0.2, 0) is 0 Å². The van der Waals surface area contributed by atoms with Crippen molar-refractivity contribution in [3.8, 4) is 11.3 Å². The minimum Gasteiger partial charge on any atom is -0.296 e. The highest BCUT2D eigenvalue weighted by Gasteiger charge is 2.15. The van der Waals surface area contributed by atoms with Crippen LogP contribution in [-0.4, -0.2) is 24.2 Å². The van der Waals surface area contributed by atoms with Crippen molar-refractivity contribution in [2.75, 3.05) is 0 Å². The molecule has 0 aliphatic carbocycles. The van der Waals surface area contributed by atoms with Gasteiger partial charge in [-0.3, -0.25) is 14.7 Å². The molecule has 0 saturated heterocycles. The van der Waals surface area contributed by atoms with E-state index in [-0.39, 0.29) is 16.8 Å². The number of fused-ring (bicyclic) bond motifs is 1. The topological polar surface area (TPSA) is 79.6 Å². The molecule has 3 aromatic rings. The van der Waals surface area contributed by atoms with E-state index in [0.29, 0.717) is 14.4 Å². The second-order valence-electron chi connectivity index (χ2n) is 4.75. The molecule has 116 valence electrons. The van der Waals surface area contributed by atoms with E-state index < -0.39 is 5.91 Å². The molecule has 0 aliphatic heterocycles. The summed E-state index contributed by atoms with van der Waals surface area (Å²) in [5.74, 6) is -0.448. The van der Waals surface area contributed by atoms with Gasteiger partial charge < -0.3 is 0 Å². The number of H-pyrrole nitrogens is 1. The van der Waals surface area contributed by atoms with Crippen molar-refractivity contribution in [2.24, 2.45) is 4.99 Å². The van der Waals surface area contributed by atoms with E-state index >= 15 is 0 Å². The molecule has 1 amide bonds. The lowest BCUT2D eigenvalue weighted by molar-refractivity contribution is 0.100. The SMILES string of the molecule is CC(I)=NC(=O)c1c[nH]n2c(=O)cc(-c3ccc(Cl)cc3)nc12. The maximum absolute atomic E-state index is 12.2. The van der Waals surface area contributed by atoms with Gasteiger partial charge in [0.15, 0.2) is 5.65 Å². The van der Waals surface area contributed by atoms with Crippen molar-refractivity contribution in [3.63, 3.8) is 0 Å². The van der Waals surface area contributed by atoms with Gasteiger partial charge in [-0.25, -0.2) is 14.5 Å². The fourth-order valence-electron chi connectivity index (χ4n) is 2.11. The van der Waals surface area contributed by atoms with Crippen LogP contribution in [0.2, 0.25) is 5.02 Å². The van der Waals surface area contributed by atoms with E-state index in [1.165, 1.54) is 16.8 Å². The van der Waals surface area contributed by atoms with Crippen molar-refractivity contribution in [1.82, 2.24) is 14.6 Å². The first kappa shape index (κ1) is 15.9. The van der Waals surface area contributed by atoms with Crippen LogP contribution in [0.25, 0.3) is 16.9 Å². The molecule has 0 radical (unpaired) electrons. The summed E-state index contributed by atoms with van der Waals surface area (Å²) in [4.78, 5) is 32.7. The number of carbonyl (C=O) groups is 1. The molecule has 1 aromatic carbocycles. The number of benzene rings is 1. The van der Waals surface area contributed by atoms with Crippen LogP contribution in [0.15, 0.2) is 46.3 Å². The molecule has 23 heavy (non-hydrogen) atoms. The Labute approximate surface area is 149 Å². The Morgan fingerprint density at radius 2 is 2.04 bits per heavy atom. The predicted octanol–water partition coefficient (Wildman–Crippen LogP) is 3.34. The minimum absolute atomic E-state index is 0.244. The number of aliphatic imine (C=N–C) groups is 1. The fraction of sp³-hybridized carbons (Fsp3) is 0.0667. The van der Waals surface area contributed by atoms with Gasteiger partial charge in [0.1, 0.15) is 5.56 Å². The van der Waals surface area contributed by atoms with Gasteiger partial charge in [-0.1, -0.05) is 23.7 Å². The van der Waals surface area contributed by atoms with E-state index in [1.54, 1.807) is 31.2 Å². The van der Waals surface area contributed by atoms with Gasteiger partial charge in [0.25, 0.3) is 11.5 Å². The van der Waals surface area contributed by atoms with Crippen LogP contribution in [0, 0.1) is 0 Å². The summed E-state index contributed by atoms with van der Waals surface area (Å²) in [6.07, 6.45) is 1.43. The van der Waals surface area contributed by atoms with Crippen LogP contribution in [0.5, 0.6) is 0 Å². The molecule has 0 atom stereocenters. The first-order valence-corrected chi connectivity index (χ1v) is 8.03. The van der Waals surface area contributed by atoms with Gasteiger partial charge in [-0.2, -0.15) is 0 Å². The average molecular weight is 441 g/mol. The number of halogens is 2. The largest absolute Gasteiger partial charge is 0.296 e.